The van der Waals surface area contributed by atoms with Crippen LogP contribution in [0.25, 0.3) is 0 Å². The van der Waals surface area contributed by atoms with Crippen LogP contribution < -0.4 is 5.32 Å². The van der Waals surface area contributed by atoms with Crippen LogP contribution in [0.2, 0.25) is 5.02 Å². The maximum absolute atomic E-state index is 13.0. The molecule has 3 rings (SSSR count). The van der Waals surface area contributed by atoms with Crippen molar-refractivity contribution in [2.24, 2.45) is 0 Å². The van der Waals surface area contributed by atoms with Crippen molar-refractivity contribution in [3.63, 3.8) is 0 Å². The van der Waals surface area contributed by atoms with E-state index in [1.165, 1.54) is 0 Å². The second-order valence-electron chi connectivity index (χ2n) is 6.89. The molecule has 0 spiro atoms. The van der Waals surface area contributed by atoms with Crippen molar-refractivity contribution in [2.45, 2.75) is 43.9 Å². The predicted molar refractivity (Wildman–Crippen MR) is 96.5 cm³/mol. The minimum Gasteiger partial charge on any atom is -0.372 e. The van der Waals surface area contributed by atoms with Gasteiger partial charge in [-0.3, -0.25) is 0 Å². The summed E-state index contributed by atoms with van der Waals surface area (Å²) >= 11 is 6.02. The fraction of sp³-hybridized carbons (Fsp3) is 0.400. The minimum atomic E-state index is -4.88. The van der Waals surface area contributed by atoms with Gasteiger partial charge in [-0.15, -0.1) is 0 Å². The highest BCUT2D eigenvalue weighted by Crippen LogP contribution is 2.37. The van der Waals surface area contributed by atoms with E-state index >= 15 is 0 Å². The normalized spacial score (nSPS) is 20.7. The van der Waals surface area contributed by atoms with Crippen molar-refractivity contribution < 1.29 is 31.1 Å². The summed E-state index contributed by atoms with van der Waals surface area (Å²) in [6, 6.07) is 8.33. The van der Waals surface area contributed by atoms with Gasteiger partial charge in [-0.25, -0.2) is 0 Å². The van der Waals surface area contributed by atoms with Crippen LogP contribution in [-0.2, 0) is 23.7 Å². The lowest BCUT2D eigenvalue weighted by molar-refractivity contribution is -0.143. The Morgan fingerprint density at radius 1 is 0.966 bits per heavy atom. The molecule has 0 amide bonds. The zero-order valence-electron chi connectivity index (χ0n) is 15.1. The van der Waals surface area contributed by atoms with Crippen molar-refractivity contribution in [3.05, 3.63) is 69.7 Å². The van der Waals surface area contributed by atoms with Crippen molar-refractivity contribution in [1.82, 2.24) is 5.32 Å². The summed E-state index contributed by atoms with van der Waals surface area (Å²) in [6.07, 6.45) is -8.78. The van der Waals surface area contributed by atoms with Crippen molar-refractivity contribution in [1.29, 1.82) is 0 Å². The first-order chi connectivity index (χ1) is 13.5. The highest BCUT2D eigenvalue weighted by Gasteiger charge is 2.37. The number of halogens is 7. The zero-order chi connectivity index (χ0) is 21.2. The van der Waals surface area contributed by atoms with Gasteiger partial charge in [-0.2, -0.15) is 26.3 Å². The summed E-state index contributed by atoms with van der Waals surface area (Å²) in [4.78, 5) is 0. The van der Waals surface area contributed by atoms with E-state index in [4.69, 9.17) is 16.3 Å². The number of hydrogen-bond acceptors (Lipinski definition) is 2. The molecule has 1 saturated heterocycles. The first-order valence-corrected chi connectivity index (χ1v) is 9.30. The summed E-state index contributed by atoms with van der Waals surface area (Å²) in [5, 5.41) is 3.81. The van der Waals surface area contributed by atoms with E-state index in [9.17, 15) is 26.3 Å². The van der Waals surface area contributed by atoms with Gasteiger partial charge in [-0.1, -0.05) is 23.7 Å². The summed E-state index contributed by atoms with van der Waals surface area (Å²) < 4.78 is 83.9. The fourth-order valence-electron chi connectivity index (χ4n) is 3.38. The fourth-order valence-corrected chi connectivity index (χ4v) is 3.58. The largest absolute Gasteiger partial charge is 0.416 e. The summed E-state index contributed by atoms with van der Waals surface area (Å²) in [6.45, 7) is 0.356. The predicted octanol–water partition coefficient (Wildman–Crippen LogP) is 6.39. The molecule has 2 atom stereocenters. The number of alkyl halides is 6. The maximum Gasteiger partial charge on any atom is 0.416 e. The molecule has 0 bridgehead atoms. The highest BCUT2D eigenvalue weighted by atomic mass is 35.5. The number of piperidine rings is 1. The van der Waals surface area contributed by atoms with Gasteiger partial charge in [0.1, 0.15) is 0 Å². The topological polar surface area (TPSA) is 21.3 Å². The standard InChI is InChI=1S/C20H18ClF6NO/c21-16-4-1-3-13(9-16)18-17(5-2-6-28-18)29-11-12-7-14(19(22,23)24)10-15(8-12)20(25,26)27/h1,3-4,7-10,17-18,28H,2,5-6,11H2/t17-,18?/m1/s1. The Morgan fingerprint density at radius 3 is 2.21 bits per heavy atom. The molecule has 0 aromatic heterocycles. The van der Waals surface area contributed by atoms with Crippen LogP contribution in [0.15, 0.2) is 42.5 Å². The molecular weight excluding hydrogens is 420 g/mol. The molecule has 1 N–H and O–H groups in total. The lowest BCUT2D eigenvalue weighted by Crippen LogP contribution is -2.39. The van der Waals surface area contributed by atoms with Gasteiger partial charge in [0.05, 0.1) is 29.9 Å². The molecule has 29 heavy (non-hydrogen) atoms. The smallest absolute Gasteiger partial charge is 0.372 e. The van der Waals surface area contributed by atoms with Gasteiger partial charge < -0.3 is 10.1 Å². The monoisotopic (exact) mass is 437 g/mol. The molecule has 1 aliphatic heterocycles. The molecule has 158 valence electrons. The van der Waals surface area contributed by atoms with Crippen LogP contribution >= 0.6 is 11.6 Å². The number of hydrogen-bond donors (Lipinski definition) is 1. The Hall–Kier alpha value is -1.77. The van der Waals surface area contributed by atoms with Gasteiger partial charge >= 0.3 is 12.4 Å². The van der Waals surface area contributed by atoms with E-state index in [0.29, 0.717) is 23.6 Å². The maximum atomic E-state index is 13.0. The molecule has 9 heteroatoms. The van der Waals surface area contributed by atoms with E-state index < -0.39 is 29.6 Å². The van der Waals surface area contributed by atoms with Crippen LogP contribution in [0.4, 0.5) is 26.3 Å². The van der Waals surface area contributed by atoms with E-state index in [0.717, 1.165) is 18.5 Å². The van der Waals surface area contributed by atoms with Crippen molar-refractivity contribution in [2.75, 3.05) is 6.54 Å². The average molecular weight is 438 g/mol. The Kier molecular flexibility index (Phi) is 6.45. The zero-order valence-corrected chi connectivity index (χ0v) is 15.8. The van der Waals surface area contributed by atoms with Crippen LogP contribution in [0.5, 0.6) is 0 Å². The summed E-state index contributed by atoms with van der Waals surface area (Å²) in [7, 11) is 0. The molecule has 1 unspecified atom stereocenters. The quantitative estimate of drug-likeness (QED) is 0.560. The molecule has 1 heterocycles. The summed E-state index contributed by atoms with van der Waals surface area (Å²) in [5.74, 6) is 0. The third kappa shape index (κ3) is 5.65. The van der Waals surface area contributed by atoms with Gasteiger partial charge in [0, 0.05) is 5.02 Å². The van der Waals surface area contributed by atoms with Gasteiger partial charge in [0.25, 0.3) is 0 Å². The molecule has 0 saturated carbocycles. The third-order valence-corrected chi connectivity index (χ3v) is 4.96. The lowest BCUT2D eigenvalue weighted by Gasteiger charge is -2.33. The Bertz CT molecular complexity index is 819. The molecule has 2 aromatic carbocycles. The molecule has 1 aliphatic rings. The first kappa shape index (κ1) is 21.9. The number of ether oxygens (including phenoxy) is 1. The van der Waals surface area contributed by atoms with Crippen LogP contribution in [-0.4, -0.2) is 12.6 Å². The molecule has 2 aromatic rings. The molecule has 0 radical (unpaired) electrons. The van der Waals surface area contributed by atoms with Gasteiger partial charge in [-0.05, 0) is 60.8 Å². The van der Waals surface area contributed by atoms with Crippen molar-refractivity contribution in [3.8, 4) is 0 Å². The molecule has 1 fully saturated rings. The minimum absolute atomic E-state index is 0.112. The molecule has 2 nitrogen and oxygen atoms in total. The number of benzene rings is 2. The number of rotatable bonds is 4. The van der Waals surface area contributed by atoms with Crippen LogP contribution in [0.1, 0.15) is 41.1 Å². The van der Waals surface area contributed by atoms with Crippen molar-refractivity contribution >= 4 is 11.6 Å². The first-order valence-electron chi connectivity index (χ1n) is 8.93. The van der Waals surface area contributed by atoms with E-state index in [1.54, 1.807) is 18.2 Å². The Balaban J connectivity index is 1.82. The van der Waals surface area contributed by atoms with Crippen LogP contribution in [0.3, 0.4) is 0 Å². The van der Waals surface area contributed by atoms with E-state index in [1.807, 2.05) is 6.07 Å². The molecule has 0 aliphatic carbocycles. The average Bonchev–Trinajstić information content (AvgIpc) is 2.65. The third-order valence-electron chi connectivity index (χ3n) is 4.72. The lowest BCUT2D eigenvalue weighted by atomic mass is 9.94. The van der Waals surface area contributed by atoms with E-state index in [2.05, 4.69) is 5.32 Å². The van der Waals surface area contributed by atoms with Crippen LogP contribution in [0, 0.1) is 0 Å². The summed E-state index contributed by atoms with van der Waals surface area (Å²) in [5.41, 5.74) is -2.03. The van der Waals surface area contributed by atoms with Gasteiger partial charge in [0.15, 0.2) is 0 Å². The molecular formula is C20H18ClF6NO. The second kappa shape index (κ2) is 8.53. The Labute approximate surface area is 168 Å². The SMILES string of the molecule is FC(F)(F)c1cc(CO[C@@H]2CCCNC2c2cccc(Cl)c2)cc(C(F)(F)F)c1. The second-order valence-corrected chi connectivity index (χ2v) is 7.33. The highest BCUT2D eigenvalue weighted by molar-refractivity contribution is 6.30. The van der Waals surface area contributed by atoms with E-state index in [-0.39, 0.29) is 24.3 Å². The van der Waals surface area contributed by atoms with Gasteiger partial charge in [0.2, 0.25) is 0 Å². The number of nitrogens with one attached hydrogen (secondary N) is 1. The Morgan fingerprint density at radius 2 is 1.62 bits per heavy atom.